The van der Waals surface area contributed by atoms with E-state index >= 15 is 0 Å². The predicted molar refractivity (Wildman–Crippen MR) is 74.4 cm³/mol. The van der Waals surface area contributed by atoms with E-state index in [1.807, 2.05) is 19.1 Å². The van der Waals surface area contributed by atoms with Gasteiger partial charge in [-0.1, -0.05) is 17.7 Å². The van der Waals surface area contributed by atoms with Gasteiger partial charge in [-0.15, -0.1) is 0 Å². The second-order valence-corrected chi connectivity index (χ2v) is 5.12. The molecule has 106 valence electrons. The van der Waals surface area contributed by atoms with E-state index in [-0.39, 0.29) is 6.04 Å². The molecule has 1 heterocycles. The van der Waals surface area contributed by atoms with E-state index < -0.39 is 0 Å². The fourth-order valence-electron chi connectivity index (χ4n) is 2.31. The standard InChI is InChI=1S/C15H23NO3/c1-11-3-4-15(17-2)13(7-11)14(16)10-19-9-12-5-6-18-8-12/h3-4,7,12,14H,5-6,8-10,16H2,1-2H3. The lowest BCUT2D eigenvalue weighted by molar-refractivity contribution is 0.0804. The van der Waals surface area contributed by atoms with Gasteiger partial charge in [-0.25, -0.2) is 0 Å². The van der Waals surface area contributed by atoms with E-state index in [4.69, 9.17) is 19.9 Å². The summed E-state index contributed by atoms with van der Waals surface area (Å²) < 4.78 is 16.4. The van der Waals surface area contributed by atoms with Gasteiger partial charge < -0.3 is 19.9 Å². The molecule has 0 spiro atoms. The smallest absolute Gasteiger partial charge is 0.123 e. The molecule has 0 amide bonds. The molecule has 1 aliphatic rings. The molecule has 0 radical (unpaired) electrons. The minimum Gasteiger partial charge on any atom is -0.496 e. The van der Waals surface area contributed by atoms with E-state index in [9.17, 15) is 0 Å². The topological polar surface area (TPSA) is 53.7 Å². The van der Waals surface area contributed by atoms with Gasteiger partial charge in [0, 0.05) is 18.1 Å². The van der Waals surface area contributed by atoms with E-state index in [0.717, 1.165) is 37.6 Å². The Kier molecular flexibility index (Phi) is 5.19. The predicted octanol–water partition coefficient (Wildman–Crippen LogP) is 2.06. The molecule has 4 nitrogen and oxygen atoms in total. The van der Waals surface area contributed by atoms with Crippen LogP contribution in [0.15, 0.2) is 18.2 Å². The quantitative estimate of drug-likeness (QED) is 0.855. The highest BCUT2D eigenvalue weighted by Crippen LogP contribution is 2.25. The van der Waals surface area contributed by atoms with Crippen molar-refractivity contribution in [2.45, 2.75) is 19.4 Å². The molecule has 1 aliphatic heterocycles. The normalized spacial score (nSPS) is 20.5. The number of hydrogen-bond donors (Lipinski definition) is 1. The summed E-state index contributed by atoms with van der Waals surface area (Å²) in [5.74, 6) is 1.34. The van der Waals surface area contributed by atoms with Crippen LogP contribution in [0.25, 0.3) is 0 Å². The van der Waals surface area contributed by atoms with Crippen molar-refractivity contribution in [3.8, 4) is 5.75 Å². The SMILES string of the molecule is COc1ccc(C)cc1C(N)COCC1CCOC1. The zero-order chi connectivity index (χ0) is 13.7. The molecule has 4 heteroatoms. The average Bonchev–Trinajstić information content (AvgIpc) is 2.91. The Hall–Kier alpha value is -1.10. The van der Waals surface area contributed by atoms with Gasteiger partial charge in [0.1, 0.15) is 5.75 Å². The molecule has 1 fully saturated rings. The van der Waals surface area contributed by atoms with Crippen molar-refractivity contribution in [3.63, 3.8) is 0 Å². The highest BCUT2D eigenvalue weighted by atomic mass is 16.5. The minimum atomic E-state index is -0.155. The van der Waals surface area contributed by atoms with Crippen LogP contribution in [-0.2, 0) is 9.47 Å². The van der Waals surface area contributed by atoms with Crippen LogP contribution in [0.1, 0.15) is 23.6 Å². The molecule has 1 aromatic rings. The molecule has 1 aromatic carbocycles. The molecule has 2 unspecified atom stereocenters. The van der Waals surface area contributed by atoms with Gasteiger partial charge in [0.2, 0.25) is 0 Å². The van der Waals surface area contributed by atoms with Gasteiger partial charge in [-0.3, -0.25) is 0 Å². The number of aryl methyl sites for hydroxylation is 1. The molecule has 0 bridgehead atoms. The Bertz CT molecular complexity index is 402. The van der Waals surface area contributed by atoms with Crippen LogP contribution in [0, 0.1) is 12.8 Å². The number of benzene rings is 1. The van der Waals surface area contributed by atoms with Gasteiger partial charge in [0.25, 0.3) is 0 Å². The molecule has 0 aliphatic carbocycles. The van der Waals surface area contributed by atoms with Crippen LogP contribution in [0.4, 0.5) is 0 Å². The maximum Gasteiger partial charge on any atom is 0.123 e. The zero-order valence-corrected chi connectivity index (χ0v) is 11.7. The molecule has 1 saturated heterocycles. The van der Waals surface area contributed by atoms with Crippen LogP contribution in [0.3, 0.4) is 0 Å². The Labute approximate surface area is 114 Å². The van der Waals surface area contributed by atoms with E-state index in [2.05, 4.69) is 6.07 Å². The van der Waals surface area contributed by atoms with Gasteiger partial charge in [0.15, 0.2) is 0 Å². The number of nitrogens with two attached hydrogens (primary N) is 1. The molecular weight excluding hydrogens is 242 g/mol. The van der Waals surface area contributed by atoms with E-state index in [0.29, 0.717) is 12.5 Å². The zero-order valence-electron chi connectivity index (χ0n) is 11.7. The van der Waals surface area contributed by atoms with Crippen LogP contribution < -0.4 is 10.5 Å². The molecule has 2 rings (SSSR count). The lowest BCUT2D eigenvalue weighted by Crippen LogP contribution is -2.20. The summed E-state index contributed by atoms with van der Waals surface area (Å²) in [4.78, 5) is 0. The first-order valence-electron chi connectivity index (χ1n) is 6.76. The molecule has 2 N–H and O–H groups in total. The minimum absolute atomic E-state index is 0.155. The highest BCUT2D eigenvalue weighted by molar-refractivity contribution is 5.39. The third kappa shape index (κ3) is 3.93. The summed E-state index contributed by atoms with van der Waals surface area (Å²) in [6.45, 7) is 4.94. The van der Waals surface area contributed by atoms with Crippen molar-refractivity contribution in [2.24, 2.45) is 11.7 Å². The first kappa shape index (κ1) is 14.3. The lowest BCUT2D eigenvalue weighted by atomic mass is 10.0. The Morgan fingerprint density at radius 1 is 1.47 bits per heavy atom. The van der Waals surface area contributed by atoms with Crippen molar-refractivity contribution < 1.29 is 14.2 Å². The Morgan fingerprint density at radius 2 is 2.32 bits per heavy atom. The van der Waals surface area contributed by atoms with Crippen molar-refractivity contribution in [1.82, 2.24) is 0 Å². The average molecular weight is 265 g/mol. The maximum absolute atomic E-state index is 6.19. The van der Waals surface area contributed by atoms with Crippen LogP contribution in [0.2, 0.25) is 0 Å². The fourth-order valence-corrected chi connectivity index (χ4v) is 2.31. The third-order valence-corrected chi connectivity index (χ3v) is 3.46. The second-order valence-electron chi connectivity index (χ2n) is 5.12. The number of methoxy groups -OCH3 is 1. The van der Waals surface area contributed by atoms with Crippen molar-refractivity contribution >= 4 is 0 Å². The summed E-state index contributed by atoms with van der Waals surface area (Å²) in [7, 11) is 1.66. The summed E-state index contributed by atoms with van der Waals surface area (Å²) in [5.41, 5.74) is 8.37. The second kappa shape index (κ2) is 6.89. The van der Waals surface area contributed by atoms with Crippen molar-refractivity contribution in [3.05, 3.63) is 29.3 Å². The van der Waals surface area contributed by atoms with Gasteiger partial charge >= 0.3 is 0 Å². The highest BCUT2D eigenvalue weighted by Gasteiger charge is 2.17. The van der Waals surface area contributed by atoms with Gasteiger partial charge in [-0.2, -0.15) is 0 Å². The van der Waals surface area contributed by atoms with Crippen molar-refractivity contribution in [1.29, 1.82) is 0 Å². The first-order valence-corrected chi connectivity index (χ1v) is 6.76. The first-order chi connectivity index (χ1) is 9.20. The molecule has 19 heavy (non-hydrogen) atoms. The number of ether oxygens (including phenoxy) is 3. The van der Waals surface area contributed by atoms with Gasteiger partial charge in [0.05, 0.1) is 33.0 Å². The fraction of sp³-hybridized carbons (Fsp3) is 0.600. The molecular formula is C15H23NO3. The molecule has 0 aromatic heterocycles. The third-order valence-electron chi connectivity index (χ3n) is 3.46. The molecule has 2 atom stereocenters. The maximum atomic E-state index is 6.19. The van der Waals surface area contributed by atoms with Crippen LogP contribution in [0.5, 0.6) is 5.75 Å². The summed E-state index contributed by atoms with van der Waals surface area (Å²) in [6, 6.07) is 5.88. The number of hydrogen-bond acceptors (Lipinski definition) is 4. The Morgan fingerprint density at radius 3 is 3.00 bits per heavy atom. The van der Waals surface area contributed by atoms with Gasteiger partial charge in [-0.05, 0) is 19.4 Å². The lowest BCUT2D eigenvalue weighted by Gasteiger charge is -2.17. The summed E-state index contributed by atoms with van der Waals surface area (Å²) >= 11 is 0. The summed E-state index contributed by atoms with van der Waals surface area (Å²) in [6.07, 6.45) is 1.09. The summed E-state index contributed by atoms with van der Waals surface area (Å²) in [5, 5.41) is 0. The van der Waals surface area contributed by atoms with E-state index in [1.54, 1.807) is 7.11 Å². The van der Waals surface area contributed by atoms with Crippen LogP contribution in [-0.4, -0.2) is 33.5 Å². The number of rotatable bonds is 6. The Balaban J connectivity index is 1.87. The monoisotopic (exact) mass is 265 g/mol. The molecule has 0 saturated carbocycles. The largest absolute Gasteiger partial charge is 0.496 e. The van der Waals surface area contributed by atoms with Crippen molar-refractivity contribution in [2.75, 3.05) is 33.5 Å². The van der Waals surface area contributed by atoms with Crippen LogP contribution >= 0.6 is 0 Å². The van der Waals surface area contributed by atoms with E-state index in [1.165, 1.54) is 5.56 Å².